The minimum absolute atomic E-state index is 0.217. The highest BCUT2D eigenvalue weighted by molar-refractivity contribution is 5.25. The molecule has 0 aliphatic carbocycles. The molecule has 1 aromatic rings. The first-order valence-electron chi connectivity index (χ1n) is 5.85. The number of halogens is 2. The number of ether oxygens (including phenoxy) is 1. The largest absolute Gasteiger partial charge is 0.385 e. The minimum atomic E-state index is -1.53. The Morgan fingerprint density at radius 1 is 1.28 bits per heavy atom. The normalized spacial score (nSPS) is 14.5. The molecule has 2 N–H and O–H groups in total. The van der Waals surface area contributed by atoms with Gasteiger partial charge >= 0.3 is 0 Å². The van der Waals surface area contributed by atoms with Crippen LogP contribution in [0.2, 0.25) is 0 Å². The van der Waals surface area contributed by atoms with Crippen molar-refractivity contribution in [2.24, 2.45) is 0 Å². The molecule has 102 valence electrons. The lowest BCUT2D eigenvalue weighted by atomic mass is 9.91. The Morgan fingerprint density at radius 2 is 1.89 bits per heavy atom. The van der Waals surface area contributed by atoms with E-state index in [9.17, 15) is 13.9 Å². The predicted octanol–water partition coefficient (Wildman–Crippen LogP) is 1.80. The summed E-state index contributed by atoms with van der Waals surface area (Å²) < 4.78 is 31.9. The van der Waals surface area contributed by atoms with Gasteiger partial charge in [-0.05, 0) is 32.0 Å². The molecule has 0 aromatic heterocycles. The first-order valence-corrected chi connectivity index (χ1v) is 5.85. The first kappa shape index (κ1) is 15.0. The standard InChI is InChI=1S/C13H19F2NO2/c1-13(17,6-7-16-8-9-18-2)12-10(14)4-3-5-11(12)15/h3-5,16-17H,6-9H2,1-2H3. The van der Waals surface area contributed by atoms with Crippen molar-refractivity contribution in [1.29, 1.82) is 0 Å². The molecule has 0 fully saturated rings. The van der Waals surface area contributed by atoms with Crippen LogP contribution in [0.15, 0.2) is 18.2 Å². The fourth-order valence-corrected chi connectivity index (χ4v) is 1.77. The van der Waals surface area contributed by atoms with E-state index in [1.807, 2.05) is 0 Å². The first-order chi connectivity index (χ1) is 8.49. The number of hydrogen-bond donors (Lipinski definition) is 2. The third kappa shape index (κ3) is 4.01. The lowest BCUT2D eigenvalue weighted by Crippen LogP contribution is -2.31. The third-order valence-electron chi connectivity index (χ3n) is 2.77. The van der Waals surface area contributed by atoms with Crippen LogP contribution in [0.3, 0.4) is 0 Å². The van der Waals surface area contributed by atoms with E-state index in [0.29, 0.717) is 19.7 Å². The fraction of sp³-hybridized carbons (Fsp3) is 0.538. The molecular weight excluding hydrogens is 240 g/mol. The Morgan fingerprint density at radius 3 is 2.44 bits per heavy atom. The molecule has 1 rings (SSSR count). The van der Waals surface area contributed by atoms with E-state index in [4.69, 9.17) is 4.74 Å². The minimum Gasteiger partial charge on any atom is -0.385 e. The SMILES string of the molecule is COCCNCCC(C)(O)c1c(F)cccc1F. The third-order valence-corrected chi connectivity index (χ3v) is 2.77. The van der Waals surface area contributed by atoms with Gasteiger partial charge in [0.05, 0.1) is 17.8 Å². The van der Waals surface area contributed by atoms with E-state index >= 15 is 0 Å². The van der Waals surface area contributed by atoms with Gasteiger partial charge in [-0.25, -0.2) is 8.78 Å². The Bertz CT molecular complexity index is 363. The van der Waals surface area contributed by atoms with Crippen LogP contribution >= 0.6 is 0 Å². The molecule has 0 spiro atoms. The topological polar surface area (TPSA) is 41.5 Å². The van der Waals surface area contributed by atoms with Crippen LogP contribution < -0.4 is 5.32 Å². The highest BCUT2D eigenvalue weighted by Gasteiger charge is 2.29. The van der Waals surface area contributed by atoms with Crippen molar-refractivity contribution in [3.63, 3.8) is 0 Å². The summed E-state index contributed by atoms with van der Waals surface area (Å²) in [6.07, 6.45) is 0.217. The van der Waals surface area contributed by atoms with E-state index < -0.39 is 17.2 Å². The lowest BCUT2D eigenvalue weighted by Gasteiger charge is -2.25. The predicted molar refractivity (Wildman–Crippen MR) is 65.3 cm³/mol. The van der Waals surface area contributed by atoms with Crippen molar-refractivity contribution in [3.8, 4) is 0 Å². The van der Waals surface area contributed by atoms with Crippen molar-refractivity contribution >= 4 is 0 Å². The number of hydrogen-bond acceptors (Lipinski definition) is 3. The van der Waals surface area contributed by atoms with Crippen LogP contribution in [0.25, 0.3) is 0 Å². The van der Waals surface area contributed by atoms with E-state index in [0.717, 1.165) is 12.1 Å². The van der Waals surface area contributed by atoms with Crippen LogP contribution in [0.5, 0.6) is 0 Å². The zero-order valence-corrected chi connectivity index (χ0v) is 10.7. The Balaban J connectivity index is 2.62. The molecule has 0 aliphatic heterocycles. The average molecular weight is 259 g/mol. The van der Waals surface area contributed by atoms with E-state index in [-0.39, 0.29) is 12.0 Å². The van der Waals surface area contributed by atoms with Gasteiger partial charge < -0.3 is 15.2 Å². The van der Waals surface area contributed by atoms with E-state index in [2.05, 4.69) is 5.32 Å². The number of benzene rings is 1. The molecule has 0 amide bonds. The molecule has 3 nitrogen and oxygen atoms in total. The van der Waals surface area contributed by atoms with Gasteiger partial charge in [0.2, 0.25) is 0 Å². The van der Waals surface area contributed by atoms with Gasteiger partial charge in [0.1, 0.15) is 11.6 Å². The van der Waals surface area contributed by atoms with Crippen molar-refractivity contribution in [2.75, 3.05) is 26.8 Å². The summed E-state index contributed by atoms with van der Waals surface area (Å²) >= 11 is 0. The van der Waals surface area contributed by atoms with Crippen molar-refractivity contribution in [3.05, 3.63) is 35.4 Å². The van der Waals surface area contributed by atoms with Gasteiger partial charge in [-0.3, -0.25) is 0 Å². The molecular formula is C13H19F2NO2. The summed E-state index contributed by atoms with van der Waals surface area (Å²) in [4.78, 5) is 0. The molecule has 0 radical (unpaired) electrons. The Hall–Kier alpha value is -1.04. The molecule has 0 aliphatic rings. The summed E-state index contributed by atoms with van der Waals surface area (Å²) in [5, 5.41) is 13.2. The van der Waals surface area contributed by atoms with Crippen LogP contribution in [0.1, 0.15) is 18.9 Å². The molecule has 0 bridgehead atoms. The molecule has 0 saturated heterocycles. The molecule has 0 saturated carbocycles. The highest BCUT2D eigenvalue weighted by Crippen LogP contribution is 2.28. The van der Waals surface area contributed by atoms with Crippen LogP contribution in [-0.4, -0.2) is 31.9 Å². The van der Waals surface area contributed by atoms with Gasteiger partial charge in [-0.15, -0.1) is 0 Å². The number of rotatable bonds is 7. The maximum atomic E-state index is 13.5. The molecule has 1 unspecified atom stereocenters. The monoisotopic (exact) mass is 259 g/mol. The quantitative estimate of drug-likeness (QED) is 0.734. The maximum Gasteiger partial charge on any atom is 0.132 e. The molecule has 18 heavy (non-hydrogen) atoms. The molecule has 1 atom stereocenters. The average Bonchev–Trinajstić information content (AvgIpc) is 2.28. The second-order valence-electron chi connectivity index (χ2n) is 4.36. The summed E-state index contributed by atoms with van der Waals surface area (Å²) in [7, 11) is 1.59. The summed E-state index contributed by atoms with van der Waals surface area (Å²) in [6.45, 7) is 3.04. The summed E-state index contributed by atoms with van der Waals surface area (Å²) in [5.74, 6) is -1.45. The van der Waals surface area contributed by atoms with Crippen LogP contribution in [0, 0.1) is 11.6 Å². The van der Waals surface area contributed by atoms with Gasteiger partial charge in [0, 0.05) is 13.7 Å². The number of nitrogens with one attached hydrogen (secondary N) is 1. The van der Waals surface area contributed by atoms with Gasteiger partial charge in [-0.1, -0.05) is 6.07 Å². The lowest BCUT2D eigenvalue weighted by molar-refractivity contribution is 0.0400. The van der Waals surface area contributed by atoms with Gasteiger partial charge in [0.15, 0.2) is 0 Å². The molecule has 5 heteroatoms. The fourth-order valence-electron chi connectivity index (χ4n) is 1.77. The van der Waals surface area contributed by atoms with Crippen LogP contribution in [0.4, 0.5) is 8.78 Å². The summed E-state index contributed by atoms with van der Waals surface area (Å²) in [5.41, 5.74) is -1.81. The zero-order valence-electron chi connectivity index (χ0n) is 10.7. The zero-order chi connectivity index (χ0) is 13.6. The maximum absolute atomic E-state index is 13.5. The summed E-state index contributed by atoms with van der Waals surface area (Å²) in [6, 6.07) is 3.57. The van der Waals surface area contributed by atoms with E-state index in [1.165, 1.54) is 13.0 Å². The van der Waals surface area contributed by atoms with E-state index in [1.54, 1.807) is 7.11 Å². The van der Waals surface area contributed by atoms with Gasteiger partial charge in [0.25, 0.3) is 0 Å². The second-order valence-corrected chi connectivity index (χ2v) is 4.36. The van der Waals surface area contributed by atoms with Crippen molar-refractivity contribution in [2.45, 2.75) is 18.9 Å². The molecule has 1 aromatic carbocycles. The Labute approximate surface area is 106 Å². The van der Waals surface area contributed by atoms with Gasteiger partial charge in [-0.2, -0.15) is 0 Å². The highest BCUT2D eigenvalue weighted by atomic mass is 19.1. The number of methoxy groups -OCH3 is 1. The smallest absolute Gasteiger partial charge is 0.132 e. The van der Waals surface area contributed by atoms with Crippen molar-refractivity contribution in [1.82, 2.24) is 5.32 Å². The second kappa shape index (κ2) is 6.78. The number of aliphatic hydroxyl groups is 1. The van der Waals surface area contributed by atoms with Crippen molar-refractivity contribution < 1.29 is 18.6 Å². The molecule has 0 heterocycles. The van der Waals surface area contributed by atoms with Crippen LogP contribution in [-0.2, 0) is 10.3 Å². The Kier molecular flexibility index (Phi) is 5.65.